The van der Waals surface area contributed by atoms with Gasteiger partial charge in [0.1, 0.15) is 5.82 Å². The van der Waals surface area contributed by atoms with Crippen molar-refractivity contribution in [2.45, 2.75) is 0 Å². The van der Waals surface area contributed by atoms with Crippen molar-refractivity contribution in [2.24, 2.45) is 0 Å². The number of halogens is 2. The molecule has 0 saturated heterocycles. The number of hydrogen-bond acceptors (Lipinski definition) is 2. The third kappa shape index (κ3) is 2.76. The Morgan fingerprint density at radius 3 is 2.33 bits per heavy atom. The van der Waals surface area contributed by atoms with Crippen molar-refractivity contribution in [2.75, 3.05) is 5.73 Å². The Balaban J connectivity index is 2.02. The van der Waals surface area contributed by atoms with Crippen molar-refractivity contribution in [3.05, 3.63) is 75.3 Å². The van der Waals surface area contributed by atoms with E-state index in [1.165, 1.54) is 3.57 Å². The Kier molecular flexibility index (Phi) is 3.94. The monoisotopic (exact) mass is 445 g/mol. The number of benzene rings is 3. The fourth-order valence-electron chi connectivity index (χ4n) is 2.73. The highest BCUT2D eigenvalue weighted by atomic mass is 127. The second kappa shape index (κ2) is 6.11. The zero-order chi connectivity index (χ0) is 16.7. The number of fused-ring (bicyclic) bond motifs is 1. The minimum absolute atomic E-state index is 0.679. The molecule has 118 valence electrons. The van der Waals surface area contributed by atoms with E-state index in [0.29, 0.717) is 5.02 Å². The summed E-state index contributed by atoms with van der Waals surface area (Å²) in [5.41, 5.74) is 10.5. The lowest BCUT2D eigenvalue weighted by Crippen LogP contribution is -1.97. The Morgan fingerprint density at radius 1 is 0.917 bits per heavy atom. The van der Waals surface area contributed by atoms with Gasteiger partial charge in [-0.15, -0.1) is 0 Å². The second-order valence-electron chi connectivity index (χ2n) is 5.50. The van der Waals surface area contributed by atoms with Crippen molar-refractivity contribution in [3.8, 4) is 17.1 Å². The first-order chi connectivity index (χ1) is 11.6. The van der Waals surface area contributed by atoms with Gasteiger partial charge < -0.3 is 5.73 Å². The van der Waals surface area contributed by atoms with Crippen molar-refractivity contribution >= 4 is 50.9 Å². The van der Waals surface area contributed by atoms with E-state index in [4.69, 9.17) is 22.3 Å². The van der Waals surface area contributed by atoms with Gasteiger partial charge in [0.2, 0.25) is 0 Å². The maximum absolute atomic E-state index is 6.15. The Bertz CT molecular complexity index is 1020. The summed E-state index contributed by atoms with van der Waals surface area (Å²) in [4.78, 5) is 4.81. The largest absolute Gasteiger partial charge is 0.399 e. The fourth-order valence-corrected chi connectivity index (χ4v) is 3.26. The molecule has 0 saturated carbocycles. The van der Waals surface area contributed by atoms with Gasteiger partial charge in [0.05, 0.1) is 11.0 Å². The zero-order valence-corrected chi connectivity index (χ0v) is 15.5. The molecule has 0 atom stereocenters. The average Bonchev–Trinajstić information content (AvgIpc) is 2.94. The molecule has 0 aliphatic carbocycles. The summed E-state index contributed by atoms with van der Waals surface area (Å²) in [6.07, 6.45) is 0. The molecule has 0 spiro atoms. The van der Waals surface area contributed by atoms with Crippen molar-refractivity contribution in [1.82, 2.24) is 9.55 Å². The lowest BCUT2D eigenvalue weighted by molar-refractivity contribution is 1.10. The van der Waals surface area contributed by atoms with E-state index < -0.39 is 0 Å². The molecule has 2 N–H and O–H groups in total. The molecule has 0 bridgehead atoms. The van der Waals surface area contributed by atoms with Crippen LogP contribution in [0, 0.1) is 3.57 Å². The Hall–Kier alpha value is -2.05. The van der Waals surface area contributed by atoms with Crippen LogP contribution >= 0.6 is 34.2 Å². The maximum atomic E-state index is 6.15. The minimum atomic E-state index is 0.679. The van der Waals surface area contributed by atoms with Gasteiger partial charge in [-0.25, -0.2) is 4.98 Å². The summed E-state index contributed by atoms with van der Waals surface area (Å²) in [7, 11) is 0. The van der Waals surface area contributed by atoms with Gasteiger partial charge in [-0.1, -0.05) is 11.6 Å². The molecule has 3 aromatic carbocycles. The van der Waals surface area contributed by atoms with Crippen LogP contribution in [0.1, 0.15) is 0 Å². The lowest BCUT2D eigenvalue weighted by atomic mass is 10.2. The van der Waals surface area contributed by atoms with Crippen molar-refractivity contribution in [3.63, 3.8) is 0 Å². The van der Waals surface area contributed by atoms with E-state index in [-0.39, 0.29) is 0 Å². The summed E-state index contributed by atoms with van der Waals surface area (Å²) in [5, 5.41) is 0.679. The molecule has 0 amide bonds. The molecule has 1 heterocycles. The molecule has 1 aromatic heterocycles. The van der Waals surface area contributed by atoms with Gasteiger partial charge in [0.25, 0.3) is 0 Å². The quantitative estimate of drug-likeness (QED) is 0.325. The topological polar surface area (TPSA) is 43.8 Å². The smallest absolute Gasteiger partial charge is 0.145 e. The molecule has 5 heteroatoms. The van der Waals surface area contributed by atoms with Gasteiger partial charge in [0.15, 0.2) is 0 Å². The van der Waals surface area contributed by atoms with E-state index in [1.807, 2.05) is 42.5 Å². The third-order valence-electron chi connectivity index (χ3n) is 3.87. The highest BCUT2D eigenvalue weighted by Crippen LogP contribution is 2.30. The summed E-state index contributed by atoms with van der Waals surface area (Å²) in [6.45, 7) is 0. The molecule has 4 rings (SSSR count). The lowest BCUT2D eigenvalue weighted by Gasteiger charge is -2.10. The van der Waals surface area contributed by atoms with Gasteiger partial charge in [-0.3, -0.25) is 4.57 Å². The first-order valence-electron chi connectivity index (χ1n) is 7.42. The highest BCUT2D eigenvalue weighted by Gasteiger charge is 2.14. The summed E-state index contributed by atoms with van der Waals surface area (Å²) >= 11 is 8.45. The van der Waals surface area contributed by atoms with Crippen LogP contribution in [0.3, 0.4) is 0 Å². The zero-order valence-electron chi connectivity index (χ0n) is 12.6. The highest BCUT2D eigenvalue weighted by molar-refractivity contribution is 14.1. The number of rotatable bonds is 2. The molecule has 0 fully saturated rings. The van der Waals surface area contributed by atoms with Gasteiger partial charge in [0, 0.05) is 25.5 Å². The van der Waals surface area contributed by atoms with Crippen molar-refractivity contribution < 1.29 is 0 Å². The molecule has 24 heavy (non-hydrogen) atoms. The molecular weight excluding hydrogens is 433 g/mol. The molecular formula is C19H13ClIN3. The first-order valence-corrected chi connectivity index (χ1v) is 8.87. The number of nitrogen functional groups attached to an aromatic ring is 1. The fraction of sp³-hybridized carbons (Fsp3) is 0. The summed E-state index contributed by atoms with van der Waals surface area (Å²) < 4.78 is 3.34. The van der Waals surface area contributed by atoms with Crippen LogP contribution in [0.2, 0.25) is 5.02 Å². The number of aromatic nitrogens is 2. The molecule has 3 nitrogen and oxygen atoms in total. The van der Waals surface area contributed by atoms with Crippen LogP contribution in [-0.4, -0.2) is 9.55 Å². The third-order valence-corrected chi connectivity index (χ3v) is 4.82. The SMILES string of the molecule is Nc1ccc(-c2nc3cc(Cl)ccc3n2-c2ccc(I)cc2)cc1. The number of imidazole rings is 1. The Labute approximate surface area is 158 Å². The van der Waals surface area contributed by atoms with E-state index in [9.17, 15) is 0 Å². The van der Waals surface area contributed by atoms with Gasteiger partial charge >= 0.3 is 0 Å². The average molecular weight is 446 g/mol. The summed E-state index contributed by atoms with van der Waals surface area (Å²) in [5.74, 6) is 0.869. The number of nitrogens with zero attached hydrogens (tertiary/aromatic N) is 2. The predicted molar refractivity (Wildman–Crippen MR) is 109 cm³/mol. The second-order valence-corrected chi connectivity index (χ2v) is 7.18. The predicted octanol–water partition coefficient (Wildman–Crippen LogP) is 5.53. The number of nitrogens with two attached hydrogens (primary N) is 1. The van der Waals surface area contributed by atoms with Gasteiger partial charge in [-0.2, -0.15) is 0 Å². The molecule has 0 aliphatic heterocycles. The van der Waals surface area contributed by atoms with E-state index in [1.54, 1.807) is 0 Å². The molecule has 0 unspecified atom stereocenters. The first kappa shape index (κ1) is 15.5. The van der Waals surface area contributed by atoms with Gasteiger partial charge in [-0.05, 0) is 89.3 Å². The summed E-state index contributed by atoms with van der Waals surface area (Å²) in [6, 6.07) is 21.9. The maximum Gasteiger partial charge on any atom is 0.145 e. The van der Waals surface area contributed by atoms with Crippen LogP contribution < -0.4 is 5.73 Å². The van der Waals surface area contributed by atoms with E-state index in [0.717, 1.165) is 33.8 Å². The van der Waals surface area contributed by atoms with E-state index >= 15 is 0 Å². The number of hydrogen-bond donors (Lipinski definition) is 1. The molecule has 0 aliphatic rings. The van der Waals surface area contributed by atoms with Crippen LogP contribution in [0.25, 0.3) is 28.1 Å². The van der Waals surface area contributed by atoms with E-state index in [2.05, 4.69) is 51.4 Å². The van der Waals surface area contributed by atoms with Crippen LogP contribution in [-0.2, 0) is 0 Å². The van der Waals surface area contributed by atoms with Crippen molar-refractivity contribution in [1.29, 1.82) is 0 Å². The minimum Gasteiger partial charge on any atom is -0.399 e. The number of anilines is 1. The van der Waals surface area contributed by atoms with Crippen LogP contribution in [0.4, 0.5) is 5.69 Å². The van der Waals surface area contributed by atoms with Crippen LogP contribution in [0.5, 0.6) is 0 Å². The van der Waals surface area contributed by atoms with Crippen LogP contribution in [0.15, 0.2) is 66.7 Å². The molecule has 4 aromatic rings. The standard InChI is InChI=1S/C19H13ClIN3/c20-13-3-10-18-17(11-13)23-19(12-1-6-15(22)7-2-12)24(18)16-8-4-14(21)5-9-16/h1-11H,22H2. The Morgan fingerprint density at radius 2 is 1.62 bits per heavy atom. The molecule has 0 radical (unpaired) electrons. The normalized spacial score (nSPS) is 11.1.